The van der Waals surface area contributed by atoms with Gasteiger partial charge in [0.2, 0.25) is 0 Å². The van der Waals surface area contributed by atoms with Crippen molar-refractivity contribution >= 4 is 5.78 Å². The van der Waals surface area contributed by atoms with Gasteiger partial charge in [0.1, 0.15) is 6.10 Å². The molecule has 3 heteroatoms. The molecule has 0 aromatic carbocycles. The Kier molecular flexibility index (Phi) is 1.83. The molecule has 0 saturated carbocycles. The molecule has 52 valence electrons. The minimum Gasteiger partial charge on any atom is -0.350 e. The summed E-state index contributed by atoms with van der Waals surface area (Å²) in [5, 5.41) is 0. The van der Waals surface area contributed by atoms with Crippen LogP contribution in [0.15, 0.2) is 0 Å². The highest BCUT2D eigenvalue weighted by Crippen LogP contribution is 2.10. The molecular weight excluding hydrogens is 120 g/mol. The van der Waals surface area contributed by atoms with Crippen LogP contribution in [0.4, 0.5) is 0 Å². The predicted octanol–water partition coefficient (Wildman–Crippen LogP) is 0.337. The van der Waals surface area contributed by atoms with Crippen molar-refractivity contribution in [3.63, 3.8) is 0 Å². The Morgan fingerprint density at radius 1 is 1.67 bits per heavy atom. The fraction of sp³-hybridized carbons (Fsp3) is 0.833. The fourth-order valence-corrected chi connectivity index (χ4v) is 0.746. The highest BCUT2D eigenvalue weighted by atomic mass is 16.7. The average molecular weight is 130 g/mol. The SMILES string of the molecule is CC(=O)[C@H]1CO[C@H](C)O1. The number of carbonyl (C=O) groups excluding carboxylic acids is 1. The monoisotopic (exact) mass is 130 g/mol. The quantitative estimate of drug-likeness (QED) is 0.513. The van der Waals surface area contributed by atoms with Crippen LogP contribution in [-0.4, -0.2) is 24.8 Å². The molecule has 1 aliphatic heterocycles. The molecule has 0 unspecified atom stereocenters. The van der Waals surface area contributed by atoms with Gasteiger partial charge in [0.05, 0.1) is 6.61 Å². The second-order valence-corrected chi connectivity index (χ2v) is 2.14. The molecule has 0 radical (unpaired) electrons. The summed E-state index contributed by atoms with van der Waals surface area (Å²) in [6, 6.07) is 0. The van der Waals surface area contributed by atoms with Gasteiger partial charge in [-0.25, -0.2) is 0 Å². The number of carbonyl (C=O) groups is 1. The molecule has 0 N–H and O–H groups in total. The third-order valence-electron chi connectivity index (χ3n) is 1.29. The van der Waals surface area contributed by atoms with Gasteiger partial charge in [-0.3, -0.25) is 4.79 Å². The maximum Gasteiger partial charge on any atom is 0.161 e. The highest BCUT2D eigenvalue weighted by Gasteiger charge is 2.25. The van der Waals surface area contributed by atoms with Gasteiger partial charge in [-0.1, -0.05) is 0 Å². The lowest BCUT2D eigenvalue weighted by atomic mass is 10.3. The Bertz CT molecular complexity index is 121. The maximum atomic E-state index is 10.6. The van der Waals surface area contributed by atoms with E-state index in [1.165, 1.54) is 6.92 Å². The molecule has 0 spiro atoms. The summed E-state index contributed by atoms with van der Waals surface area (Å²) in [6.45, 7) is 3.70. The number of hydrogen-bond donors (Lipinski definition) is 0. The third-order valence-corrected chi connectivity index (χ3v) is 1.29. The van der Waals surface area contributed by atoms with E-state index in [2.05, 4.69) is 0 Å². The second kappa shape index (κ2) is 2.45. The first kappa shape index (κ1) is 6.71. The van der Waals surface area contributed by atoms with Crippen molar-refractivity contribution in [3.05, 3.63) is 0 Å². The van der Waals surface area contributed by atoms with E-state index in [1.807, 2.05) is 0 Å². The Morgan fingerprint density at radius 3 is 2.56 bits per heavy atom. The molecule has 0 bridgehead atoms. The van der Waals surface area contributed by atoms with Crippen molar-refractivity contribution in [2.45, 2.75) is 26.2 Å². The third kappa shape index (κ3) is 1.50. The standard InChI is InChI=1S/C6H10O3/c1-4(7)6-3-8-5(2)9-6/h5-6H,3H2,1-2H3/t5-,6+/m0/s1. The Labute approximate surface area is 53.9 Å². The van der Waals surface area contributed by atoms with Crippen LogP contribution >= 0.6 is 0 Å². The number of hydrogen-bond acceptors (Lipinski definition) is 3. The summed E-state index contributed by atoms with van der Waals surface area (Å²) in [5.74, 6) is 0.0411. The van der Waals surface area contributed by atoms with Crippen molar-refractivity contribution in [2.75, 3.05) is 6.61 Å². The molecule has 1 fully saturated rings. The largest absolute Gasteiger partial charge is 0.350 e. The van der Waals surface area contributed by atoms with Crippen molar-refractivity contribution in [1.29, 1.82) is 0 Å². The number of rotatable bonds is 1. The molecule has 0 amide bonds. The lowest BCUT2D eigenvalue weighted by molar-refractivity contribution is -0.128. The first-order chi connectivity index (χ1) is 4.20. The highest BCUT2D eigenvalue weighted by molar-refractivity contribution is 5.80. The second-order valence-electron chi connectivity index (χ2n) is 2.14. The van der Waals surface area contributed by atoms with Crippen LogP contribution in [0.2, 0.25) is 0 Å². The van der Waals surface area contributed by atoms with Gasteiger partial charge in [0.25, 0.3) is 0 Å². The topological polar surface area (TPSA) is 35.5 Å². The lowest BCUT2D eigenvalue weighted by Gasteiger charge is -2.01. The van der Waals surface area contributed by atoms with Gasteiger partial charge < -0.3 is 9.47 Å². The van der Waals surface area contributed by atoms with Gasteiger partial charge in [-0.05, 0) is 13.8 Å². The van der Waals surface area contributed by atoms with E-state index in [1.54, 1.807) is 6.92 Å². The van der Waals surface area contributed by atoms with Crippen LogP contribution in [0.25, 0.3) is 0 Å². The smallest absolute Gasteiger partial charge is 0.161 e. The van der Waals surface area contributed by atoms with Crippen molar-refractivity contribution < 1.29 is 14.3 Å². The van der Waals surface area contributed by atoms with E-state index in [4.69, 9.17) is 9.47 Å². The van der Waals surface area contributed by atoms with Crippen LogP contribution in [-0.2, 0) is 14.3 Å². The minimum atomic E-state index is -0.319. The molecule has 1 aliphatic rings. The molecule has 0 aliphatic carbocycles. The van der Waals surface area contributed by atoms with Crippen LogP contribution < -0.4 is 0 Å². The zero-order valence-electron chi connectivity index (χ0n) is 5.59. The molecule has 2 atom stereocenters. The van der Waals surface area contributed by atoms with Crippen LogP contribution in [0.1, 0.15) is 13.8 Å². The van der Waals surface area contributed by atoms with Crippen molar-refractivity contribution in [1.82, 2.24) is 0 Å². The fourth-order valence-electron chi connectivity index (χ4n) is 0.746. The van der Waals surface area contributed by atoms with E-state index >= 15 is 0 Å². The molecular formula is C6H10O3. The molecule has 0 aromatic rings. The van der Waals surface area contributed by atoms with Gasteiger partial charge >= 0.3 is 0 Å². The zero-order valence-corrected chi connectivity index (χ0v) is 5.59. The normalized spacial score (nSPS) is 34.9. The number of Topliss-reactive ketones (excluding diaryl/α,β-unsaturated/α-hetero) is 1. The average Bonchev–Trinajstić information content (AvgIpc) is 2.14. The summed E-state index contributed by atoms with van der Waals surface area (Å²) in [5.41, 5.74) is 0. The maximum absolute atomic E-state index is 10.6. The molecule has 1 saturated heterocycles. The number of ketones is 1. The predicted molar refractivity (Wildman–Crippen MR) is 31.0 cm³/mol. The summed E-state index contributed by atoms with van der Waals surface area (Å²) in [7, 11) is 0. The Balaban J connectivity index is 2.39. The number of ether oxygens (including phenoxy) is 2. The molecule has 9 heavy (non-hydrogen) atoms. The van der Waals surface area contributed by atoms with Gasteiger partial charge in [0.15, 0.2) is 12.1 Å². The van der Waals surface area contributed by atoms with Gasteiger partial charge in [-0.2, -0.15) is 0 Å². The first-order valence-electron chi connectivity index (χ1n) is 2.97. The van der Waals surface area contributed by atoms with Crippen LogP contribution in [0, 0.1) is 0 Å². The summed E-state index contributed by atoms with van der Waals surface area (Å²) >= 11 is 0. The van der Waals surface area contributed by atoms with Crippen molar-refractivity contribution in [2.24, 2.45) is 0 Å². The Morgan fingerprint density at radius 2 is 2.33 bits per heavy atom. The van der Waals surface area contributed by atoms with Crippen LogP contribution in [0.3, 0.4) is 0 Å². The minimum absolute atomic E-state index is 0.0411. The van der Waals surface area contributed by atoms with E-state index in [9.17, 15) is 4.79 Å². The molecule has 1 heterocycles. The summed E-state index contributed by atoms with van der Waals surface area (Å²) in [4.78, 5) is 10.6. The molecule has 1 rings (SSSR count). The first-order valence-corrected chi connectivity index (χ1v) is 2.97. The summed E-state index contributed by atoms with van der Waals surface area (Å²) < 4.78 is 10.0. The Hall–Kier alpha value is -0.410. The van der Waals surface area contributed by atoms with E-state index in [-0.39, 0.29) is 18.2 Å². The van der Waals surface area contributed by atoms with E-state index in [0.717, 1.165) is 0 Å². The van der Waals surface area contributed by atoms with E-state index in [0.29, 0.717) is 6.61 Å². The zero-order chi connectivity index (χ0) is 6.85. The van der Waals surface area contributed by atoms with Crippen LogP contribution in [0.5, 0.6) is 0 Å². The molecule has 0 aromatic heterocycles. The van der Waals surface area contributed by atoms with E-state index < -0.39 is 0 Å². The van der Waals surface area contributed by atoms with Gasteiger partial charge in [0, 0.05) is 0 Å². The lowest BCUT2D eigenvalue weighted by Crippen LogP contribution is -2.19. The van der Waals surface area contributed by atoms with Crippen molar-refractivity contribution in [3.8, 4) is 0 Å². The van der Waals surface area contributed by atoms with Gasteiger partial charge in [-0.15, -0.1) is 0 Å². The summed E-state index contributed by atoms with van der Waals surface area (Å²) in [6.07, 6.45) is -0.529. The molecule has 3 nitrogen and oxygen atoms in total.